The van der Waals surface area contributed by atoms with Gasteiger partial charge in [0.25, 0.3) is 0 Å². The number of nitrogens with one attached hydrogen (secondary N) is 1. The van der Waals surface area contributed by atoms with E-state index < -0.39 is 6.10 Å². The van der Waals surface area contributed by atoms with Crippen LogP contribution in [0.3, 0.4) is 0 Å². The van der Waals surface area contributed by atoms with Gasteiger partial charge in [-0.25, -0.2) is 0 Å². The van der Waals surface area contributed by atoms with E-state index in [-0.39, 0.29) is 12.6 Å². The molecule has 0 saturated heterocycles. The van der Waals surface area contributed by atoms with E-state index in [0.717, 1.165) is 10.2 Å². The Balaban J connectivity index is 2.30. The molecule has 1 aromatic carbocycles. The Labute approximate surface area is 136 Å². The second kappa shape index (κ2) is 10.2. The van der Waals surface area contributed by atoms with Crippen LogP contribution in [0.1, 0.15) is 20.8 Å². The highest BCUT2D eigenvalue weighted by Crippen LogP contribution is 2.17. The second-order valence-electron chi connectivity index (χ2n) is 5.34. The van der Waals surface area contributed by atoms with Crippen molar-refractivity contribution < 1.29 is 14.6 Å². The maximum atomic E-state index is 10.00. The maximum absolute atomic E-state index is 10.00. The van der Waals surface area contributed by atoms with Gasteiger partial charge in [-0.1, -0.05) is 35.8 Å². The van der Waals surface area contributed by atoms with Gasteiger partial charge in [-0.15, -0.1) is 0 Å². The topological polar surface area (TPSA) is 50.7 Å². The molecule has 2 unspecified atom stereocenters. The number of rotatable bonds is 10. The fraction of sp³-hybridized carbons (Fsp3) is 0.625. The third kappa shape index (κ3) is 7.81. The normalized spacial score (nSPS) is 14.2. The first kappa shape index (κ1) is 18.4. The molecule has 21 heavy (non-hydrogen) atoms. The van der Waals surface area contributed by atoms with Crippen LogP contribution in [0.5, 0.6) is 5.75 Å². The molecule has 0 saturated carbocycles. The van der Waals surface area contributed by atoms with Gasteiger partial charge < -0.3 is 19.9 Å². The Bertz CT molecular complexity index is 401. The molecular formula is C16H26BrNO3. The molecule has 0 bridgehead atoms. The predicted molar refractivity (Wildman–Crippen MR) is 88.8 cm³/mol. The zero-order valence-electron chi connectivity index (χ0n) is 13.0. The van der Waals surface area contributed by atoms with Crippen molar-refractivity contribution in [2.75, 3.05) is 26.4 Å². The molecule has 0 amide bonds. The molecule has 120 valence electrons. The van der Waals surface area contributed by atoms with Crippen LogP contribution in [0.25, 0.3) is 0 Å². The van der Waals surface area contributed by atoms with Crippen molar-refractivity contribution in [1.29, 1.82) is 0 Å². The van der Waals surface area contributed by atoms with E-state index in [1.807, 2.05) is 31.2 Å². The van der Waals surface area contributed by atoms with Crippen molar-refractivity contribution in [2.45, 2.75) is 32.9 Å². The molecule has 0 radical (unpaired) electrons. The number of aliphatic hydroxyl groups is 1. The fourth-order valence-corrected chi connectivity index (χ4v) is 2.21. The summed E-state index contributed by atoms with van der Waals surface area (Å²) in [4.78, 5) is 0. The first-order valence-electron chi connectivity index (χ1n) is 7.40. The van der Waals surface area contributed by atoms with Crippen LogP contribution in [0.4, 0.5) is 0 Å². The van der Waals surface area contributed by atoms with E-state index in [9.17, 15) is 5.11 Å². The Kier molecular flexibility index (Phi) is 8.92. The van der Waals surface area contributed by atoms with Crippen molar-refractivity contribution in [3.63, 3.8) is 0 Å². The fourth-order valence-electron chi connectivity index (χ4n) is 1.83. The molecule has 2 N–H and O–H groups in total. The molecule has 0 spiro atoms. The van der Waals surface area contributed by atoms with Gasteiger partial charge in [0, 0.05) is 23.7 Å². The monoisotopic (exact) mass is 359 g/mol. The van der Waals surface area contributed by atoms with Crippen LogP contribution in [0.2, 0.25) is 0 Å². The first-order valence-corrected chi connectivity index (χ1v) is 8.19. The minimum Gasteiger partial charge on any atom is -0.491 e. The lowest BCUT2D eigenvalue weighted by Gasteiger charge is -2.23. The van der Waals surface area contributed by atoms with Gasteiger partial charge in [-0.2, -0.15) is 0 Å². The minimum atomic E-state index is -0.549. The highest BCUT2D eigenvalue weighted by Gasteiger charge is 2.15. The van der Waals surface area contributed by atoms with Gasteiger partial charge in [-0.05, 0) is 31.0 Å². The summed E-state index contributed by atoms with van der Waals surface area (Å²) in [5, 5.41) is 13.3. The smallest absolute Gasteiger partial charge is 0.120 e. The summed E-state index contributed by atoms with van der Waals surface area (Å²) in [5.41, 5.74) is 0. The Morgan fingerprint density at radius 2 is 2.05 bits per heavy atom. The minimum absolute atomic E-state index is 0.241. The van der Waals surface area contributed by atoms with Crippen molar-refractivity contribution in [1.82, 2.24) is 5.32 Å². The van der Waals surface area contributed by atoms with E-state index in [4.69, 9.17) is 9.47 Å². The molecule has 2 atom stereocenters. The Hall–Kier alpha value is -0.620. The van der Waals surface area contributed by atoms with Crippen molar-refractivity contribution >= 4 is 15.9 Å². The number of hydrogen-bond donors (Lipinski definition) is 2. The zero-order chi connectivity index (χ0) is 15.7. The van der Waals surface area contributed by atoms with Gasteiger partial charge in [-0.3, -0.25) is 0 Å². The average Bonchev–Trinajstić information content (AvgIpc) is 2.45. The largest absolute Gasteiger partial charge is 0.491 e. The molecule has 0 aliphatic rings. The van der Waals surface area contributed by atoms with Crippen LogP contribution in [0.15, 0.2) is 28.7 Å². The summed E-state index contributed by atoms with van der Waals surface area (Å²) in [6.45, 7) is 8.39. The molecule has 0 aliphatic carbocycles. The molecular weight excluding hydrogens is 334 g/mol. The Morgan fingerprint density at radius 3 is 2.67 bits per heavy atom. The number of benzene rings is 1. The summed E-state index contributed by atoms with van der Waals surface area (Å²) in [7, 11) is 0. The molecule has 0 aromatic heterocycles. The second-order valence-corrected chi connectivity index (χ2v) is 6.26. The quantitative estimate of drug-likeness (QED) is 0.674. The van der Waals surface area contributed by atoms with E-state index in [1.165, 1.54) is 0 Å². The summed E-state index contributed by atoms with van der Waals surface area (Å²) >= 11 is 3.39. The Morgan fingerprint density at radius 1 is 1.29 bits per heavy atom. The summed E-state index contributed by atoms with van der Waals surface area (Å²) in [6.07, 6.45) is -0.549. The van der Waals surface area contributed by atoms with E-state index in [0.29, 0.717) is 25.7 Å². The highest BCUT2D eigenvalue weighted by atomic mass is 79.9. The van der Waals surface area contributed by atoms with E-state index in [2.05, 4.69) is 35.1 Å². The lowest BCUT2D eigenvalue weighted by atomic mass is 10.1. The molecule has 1 rings (SSSR count). The van der Waals surface area contributed by atoms with E-state index >= 15 is 0 Å². The lowest BCUT2D eigenvalue weighted by molar-refractivity contribution is 0.0798. The highest BCUT2D eigenvalue weighted by molar-refractivity contribution is 9.10. The number of aliphatic hydroxyl groups excluding tert-OH is 1. The number of ether oxygens (including phenoxy) is 2. The van der Waals surface area contributed by atoms with Gasteiger partial charge >= 0.3 is 0 Å². The maximum Gasteiger partial charge on any atom is 0.120 e. The standard InChI is InChI=1S/C16H26BrNO3/c1-4-20-11-16(12(2)3)18-9-14(19)10-21-15-7-5-6-13(17)8-15/h5-8,12,14,16,18-19H,4,9-11H2,1-3H3. The van der Waals surface area contributed by atoms with Crippen LogP contribution in [-0.4, -0.2) is 43.6 Å². The van der Waals surface area contributed by atoms with Crippen LogP contribution < -0.4 is 10.1 Å². The van der Waals surface area contributed by atoms with Gasteiger partial charge in [0.2, 0.25) is 0 Å². The van der Waals surface area contributed by atoms with E-state index in [1.54, 1.807) is 0 Å². The van der Waals surface area contributed by atoms with Gasteiger partial charge in [0.1, 0.15) is 18.5 Å². The van der Waals surface area contributed by atoms with Crippen molar-refractivity contribution in [3.05, 3.63) is 28.7 Å². The van der Waals surface area contributed by atoms with Crippen molar-refractivity contribution in [2.24, 2.45) is 5.92 Å². The molecule has 0 heterocycles. The summed E-state index contributed by atoms with van der Waals surface area (Å²) in [6, 6.07) is 7.83. The average molecular weight is 360 g/mol. The third-order valence-corrected chi connectivity index (χ3v) is 3.65. The molecule has 5 heteroatoms. The number of hydrogen-bond acceptors (Lipinski definition) is 4. The zero-order valence-corrected chi connectivity index (χ0v) is 14.6. The van der Waals surface area contributed by atoms with Gasteiger partial charge in [0.05, 0.1) is 6.61 Å². The van der Waals surface area contributed by atoms with Crippen molar-refractivity contribution in [3.8, 4) is 5.75 Å². The number of halogens is 1. The molecule has 1 aromatic rings. The SMILES string of the molecule is CCOCC(NCC(O)COc1cccc(Br)c1)C(C)C. The van der Waals surface area contributed by atoms with Crippen LogP contribution in [0, 0.1) is 5.92 Å². The third-order valence-electron chi connectivity index (χ3n) is 3.16. The summed E-state index contributed by atoms with van der Waals surface area (Å²) in [5.74, 6) is 1.20. The predicted octanol–water partition coefficient (Wildman–Crippen LogP) is 2.84. The molecule has 0 aliphatic heterocycles. The van der Waals surface area contributed by atoms with Gasteiger partial charge in [0.15, 0.2) is 0 Å². The molecule has 0 fully saturated rings. The first-order chi connectivity index (χ1) is 10.0. The lowest BCUT2D eigenvalue weighted by Crippen LogP contribution is -2.43. The van der Waals surface area contributed by atoms with Crippen LogP contribution in [-0.2, 0) is 4.74 Å². The van der Waals surface area contributed by atoms with Crippen LogP contribution >= 0.6 is 15.9 Å². The molecule has 4 nitrogen and oxygen atoms in total. The summed E-state index contributed by atoms with van der Waals surface area (Å²) < 4.78 is 12.0.